The van der Waals surface area contributed by atoms with Crippen LogP contribution in [0.3, 0.4) is 0 Å². The van der Waals surface area contributed by atoms with Gasteiger partial charge in [-0.2, -0.15) is 0 Å². The van der Waals surface area contributed by atoms with Gasteiger partial charge >= 0.3 is 0 Å². The topological polar surface area (TPSA) is 67.8 Å². The number of rotatable bonds is 7. The third-order valence-corrected chi connectivity index (χ3v) is 3.35. The van der Waals surface area contributed by atoms with E-state index in [-0.39, 0.29) is 5.84 Å². The van der Waals surface area contributed by atoms with Gasteiger partial charge in [-0.3, -0.25) is 0 Å². The van der Waals surface area contributed by atoms with E-state index in [2.05, 4.69) is 19.0 Å². The molecule has 0 spiro atoms. The SMILES string of the molecule is CCCCOc1cccc(SCC)c1/C(N)=N/O. The summed E-state index contributed by atoms with van der Waals surface area (Å²) >= 11 is 1.65. The molecule has 5 heteroatoms. The van der Waals surface area contributed by atoms with Crippen molar-refractivity contribution in [3.8, 4) is 5.75 Å². The number of hydrogen-bond donors (Lipinski definition) is 2. The lowest BCUT2D eigenvalue weighted by Crippen LogP contribution is -2.16. The van der Waals surface area contributed by atoms with E-state index in [0.29, 0.717) is 17.9 Å². The van der Waals surface area contributed by atoms with E-state index in [9.17, 15) is 0 Å². The maximum atomic E-state index is 8.88. The van der Waals surface area contributed by atoms with Crippen LogP contribution in [-0.4, -0.2) is 23.4 Å². The largest absolute Gasteiger partial charge is 0.493 e. The predicted octanol–water partition coefficient (Wildman–Crippen LogP) is 3.07. The molecule has 0 unspecified atom stereocenters. The van der Waals surface area contributed by atoms with Gasteiger partial charge in [-0.25, -0.2) is 0 Å². The Labute approximate surface area is 112 Å². The van der Waals surface area contributed by atoms with Crippen molar-refractivity contribution in [3.63, 3.8) is 0 Å². The molecule has 0 aliphatic carbocycles. The van der Waals surface area contributed by atoms with Crippen molar-refractivity contribution in [1.29, 1.82) is 0 Å². The number of unbranched alkanes of at least 4 members (excludes halogenated alkanes) is 1. The highest BCUT2D eigenvalue weighted by Crippen LogP contribution is 2.30. The first kappa shape index (κ1) is 14.7. The number of nitrogens with two attached hydrogens (primary N) is 1. The fourth-order valence-electron chi connectivity index (χ4n) is 1.54. The molecule has 100 valence electrons. The van der Waals surface area contributed by atoms with E-state index >= 15 is 0 Å². The Bertz CT molecular complexity index is 408. The Morgan fingerprint density at radius 3 is 2.83 bits per heavy atom. The van der Waals surface area contributed by atoms with E-state index in [1.165, 1.54) is 0 Å². The zero-order valence-corrected chi connectivity index (χ0v) is 11.7. The van der Waals surface area contributed by atoms with Gasteiger partial charge in [0.25, 0.3) is 0 Å². The van der Waals surface area contributed by atoms with Crippen molar-refractivity contribution in [1.82, 2.24) is 0 Å². The molecule has 0 radical (unpaired) electrons. The Kier molecular flexibility index (Phi) is 6.43. The lowest BCUT2D eigenvalue weighted by atomic mass is 10.2. The molecule has 0 bridgehead atoms. The second-order valence-electron chi connectivity index (χ2n) is 3.75. The Hall–Kier alpha value is -1.36. The van der Waals surface area contributed by atoms with Crippen LogP contribution in [0, 0.1) is 0 Å². The van der Waals surface area contributed by atoms with E-state index in [0.717, 1.165) is 23.5 Å². The lowest BCUT2D eigenvalue weighted by molar-refractivity contribution is 0.305. The minimum atomic E-state index is 0.0954. The van der Waals surface area contributed by atoms with E-state index in [1.807, 2.05) is 18.2 Å². The number of benzene rings is 1. The Morgan fingerprint density at radius 2 is 2.22 bits per heavy atom. The van der Waals surface area contributed by atoms with E-state index in [1.54, 1.807) is 11.8 Å². The molecule has 3 N–H and O–H groups in total. The summed E-state index contributed by atoms with van der Waals surface area (Å²) in [5.74, 6) is 1.69. The zero-order chi connectivity index (χ0) is 13.4. The molecule has 1 aromatic carbocycles. The first-order chi connectivity index (χ1) is 8.74. The van der Waals surface area contributed by atoms with Crippen molar-refractivity contribution >= 4 is 17.6 Å². The van der Waals surface area contributed by atoms with Gasteiger partial charge < -0.3 is 15.7 Å². The molecule has 0 heterocycles. The summed E-state index contributed by atoms with van der Waals surface area (Å²) < 4.78 is 5.70. The van der Waals surface area contributed by atoms with Gasteiger partial charge in [0.05, 0.1) is 12.2 Å². The Balaban J connectivity index is 3.03. The third-order valence-electron chi connectivity index (χ3n) is 2.41. The van der Waals surface area contributed by atoms with Crippen molar-refractivity contribution < 1.29 is 9.94 Å². The average Bonchev–Trinajstić information content (AvgIpc) is 2.39. The van der Waals surface area contributed by atoms with Crippen LogP contribution in [0.15, 0.2) is 28.3 Å². The second kappa shape index (κ2) is 7.87. The minimum Gasteiger partial charge on any atom is -0.493 e. The Morgan fingerprint density at radius 1 is 1.44 bits per heavy atom. The van der Waals surface area contributed by atoms with E-state index in [4.69, 9.17) is 15.7 Å². The normalized spacial score (nSPS) is 11.6. The summed E-state index contributed by atoms with van der Waals surface area (Å²) in [4.78, 5) is 0.974. The molecule has 0 amide bonds. The van der Waals surface area contributed by atoms with E-state index < -0.39 is 0 Å². The number of hydrogen-bond acceptors (Lipinski definition) is 4. The number of ether oxygens (including phenoxy) is 1. The van der Waals surface area contributed by atoms with Crippen molar-refractivity contribution in [2.75, 3.05) is 12.4 Å². The molecule has 0 atom stereocenters. The number of thioether (sulfide) groups is 1. The smallest absolute Gasteiger partial charge is 0.174 e. The van der Waals surface area contributed by atoms with Gasteiger partial charge in [0, 0.05) is 4.90 Å². The highest BCUT2D eigenvalue weighted by atomic mass is 32.2. The van der Waals surface area contributed by atoms with Crippen LogP contribution in [0.1, 0.15) is 32.3 Å². The minimum absolute atomic E-state index is 0.0954. The molecule has 0 saturated carbocycles. The molecule has 0 aliphatic heterocycles. The van der Waals surface area contributed by atoms with Crippen molar-refractivity contribution in [3.05, 3.63) is 23.8 Å². The first-order valence-corrected chi connectivity index (χ1v) is 7.09. The molecule has 1 aromatic rings. The molecule has 0 saturated heterocycles. The van der Waals surface area contributed by atoms with Gasteiger partial charge in [-0.05, 0) is 24.3 Å². The standard InChI is InChI=1S/C13H20N2O2S/c1-3-5-9-17-10-7-6-8-11(18-4-2)12(10)13(14)15-16/h6-8,16H,3-5,9H2,1-2H3,(H2,14,15). The molecule has 0 fully saturated rings. The molecule has 0 aliphatic rings. The van der Waals surface area contributed by atoms with Crippen LogP contribution in [0.2, 0.25) is 0 Å². The molecular weight excluding hydrogens is 248 g/mol. The van der Waals surface area contributed by atoms with Gasteiger partial charge in [0.15, 0.2) is 5.84 Å². The highest BCUT2D eigenvalue weighted by molar-refractivity contribution is 7.99. The van der Waals surface area contributed by atoms with Crippen molar-refractivity contribution in [2.24, 2.45) is 10.9 Å². The summed E-state index contributed by atoms with van der Waals surface area (Å²) in [5.41, 5.74) is 6.42. The van der Waals surface area contributed by atoms with Gasteiger partial charge in [-0.15, -0.1) is 11.8 Å². The van der Waals surface area contributed by atoms with Gasteiger partial charge in [0.1, 0.15) is 5.75 Å². The van der Waals surface area contributed by atoms with Gasteiger partial charge in [-0.1, -0.05) is 31.5 Å². The summed E-state index contributed by atoms with van der Waals surface area (Å²) in [6.07, 6.45) is 2.06. The quantitative estimate of drug-likeness (QED) is 0.199. The summed E-state index contributed by atoms with van der Waals surface area (Å²) in [6, 6.07) is 5.73. The summed E-state index contributed by atoms with van der Waals surface area (Å²) in [5, 5.41) is 12.0. The third kappa shape index (κ3) is 3.84. The monoisotopic (exact) mass is 268 g/mol. The number of amidine groups is 1. The second-order valence-corrected chi connectivity index (χ2v) is 5.06. The average molecular weight is 268 g/mol. The molecule has 1 rings (SSSR count). The number of nitrogens with zero attached hydrogens (tertiary/aromatic N) is 1. The fraction of sp³-hybridized carbons (Fsp3) is 0.462. The maximum absolute atomic E-state index is 8.88. The van der Waals surface area contributed by atoms with Gasteiger partial charge in [0.2, 0.25) is 0 Å². The number of oxime groups is 1. The van der Waals surface area contributed by atoms with Crippen LogP contribution in [0.25, 0.3) is 0 Å². The van der Waals surface area contributed by atoms with Crippen LogP contribution < -0.4 is 10.5 Å². The lowest BCUT2D eigenvalue weighted by Gasteiger charge is -2.13. The zero-order valence-electron chi connectivity index (χ0n) is 10.8. The fourth-order valence-corrected chi connectivity index (χ4v) is 2.37. The molecule has 0 aromatic heterocycles. The molecular formula is C13H20N2O2S. The summed E-state index contributed by atoms with van der Waals surface area (Å²) in [7, 11) is 0. The van der Waals surface area contributed by atoms with Crippen LogP contribution >= 0.6 is 11.8 Å². The van der Waals surface area contributed by atoms with Crippen molar-refractivity contribution in [2.45, 2.75) is 31.6 Å². The maximum Gasteiger partial charge on any atom is 0.174 e. The predicted molar refractivity (Wildman–Crippen MR) is 75.8 cm³/mol. The summed E-state index contributed by atoms with van der Waals surface area (Å²) in [6.45, 7) is 4.81. The highest BCUT2D eigenvalue weighted by Gasteiger charge is 2.14. The van der Waals surface area contributed by atoms with Crippen LogP contribution in [0.5, 0.6) is 5.75 Å². The first-order valence-electron chi connectivity index (χ1n) is 6.11. The van der Waals surface area contributed by atoms with Crippen LogP contribution in [-0.2, 0) is 0 Å². The molecule has 4 nitrogen and oxygen atoms in total. The molecule has 18 heavy (non-hydrogen) atoms. The van der Waals surface area contributed by atoms with Crippen LogP contribution in [0.4, 0.5) is 0 Å².